The Labute approximate surface area is 235 Å². The first kappa shape index (κ1) is 27.4. The number of nitrogen functional groups attached to an aromatic ring is 1. The maximum atomic E-state index is 14.5. The summed E-state index contributed by atoms with van der Waals surface area (Å²) in [6, 6.07) is 15.5. The van der Waals surface area contributed by atoms with E-state index in [0.29, 0.717) is 33.8 Å². The van der Waals surface area contributed by atoms with Gasteiger partial charge in [0, 0.05) is 18.7 Å². The van der Waals surface area contributed by atoms with E-state index in [1.54, 1.807) is 24.3 Å². The molecule has 1 atom stereocenters. The lowest BCUT2D eigenvalue weighted by atomic mass is 10.1. The van der Waals surface area contributed by atoms with Gasteiger partial charge in [0.05, 0.1) is 11.4 Å². The first-order valence-corrected chi connectivity index (χ1v) is 13.9. The van der Waals surface area contributed by atoms with Crippen LogP contribution in [0.3, 0.4) is 0 Å². The number of hydrogen-bond donors (Lipinski definition) is 2. The lowest BCUT2D eigenvalue weighted by Gasteiger charge is -2.18. The Balaban J connectivity index is 1.34. The number of ether oxygens (including phenoxy) is 1. The summed E-state index contributed by atoms with van der Waals surface area (Å²) in [7, 11) is -4.99. The number of halogens is 4. The van der Waals surface area contributed by atoms with E-state index < -0.39 is 50.0 Å². The number of hydrogen-bond acceptors (Lipinski definition) is 8. The molecular formula is C27H20F4N6O4S. The average molecular weight is 601 g/mol. The van der Waals surface area contributed by atoms with Crippen LogP contribution in [-0.4, -0.2) is 50.7 Å². The predicted octanol–water partition coefficient (Wildman–Crippen LogP) is 4.77. The number of aromatic hydroxyl groups is 1. The van der Waals surface area contributed by atoms with E-state index in [0.717, 1.165) is 4.31 Å². The molecule has 2 aromatic heterocycles. The average Bonchev–Trinajstić information content (AvgIpc) is 3.63. The van der Waals surface area contributed by atoms with Gasteiger partial charge in [-0.1, -0.05) is 18.2 Å². The highest BCUT2D eigenvalue weighted by atomic mass is 32.2. The topological polar surface area (TPSA) is 136 Å². The van der Waals surface area contributed by atoms with Crippen molar-refractivity contribution in [1.29, 1.82) is 0 Å². The Morgan fingerprint density at radius 2 is 1.57 bits per heavy atom. The molecule has 3 aromatic carbocycles. The smallest absolute Gasteiger partial charge is 0.250 e. The van der Waals surface area contributed by atoms with E-state index in [-0.39, 0.29) is 25.3 Å². The van der Waals surface area contributed by atoms with E-state index in [4.69, 9.17) is 10.5 Å². The lowest BCUT2D eigenvalue weighted by Crippen LogP contribution is -2.31. The van der Waals surface area contributed by atoms with E-state index >= 15 is 0 Å². The predicted molar refractivity (Wildman–Crippen MR) is 142 cm³/mol. The highest BCUT2D eigenvalue weighted by molar-refractivity contribution is 7.89. The van der Waals surface area contributed by atoms with Crippen molar-refractivity contribution in [1.82, 2.24) is 24.1 Å². The number of nitrogens with two attached hydrogens (primary N) is 1. The zero-order valence-electron chi connectivity index (χ0n) is 21.4. The van der Waals surface area contributed by atoms with Gasteiger partial charge in [0.15, 0.2) is 27.9 Å². The maximum absolute atomic E-state index is 14.5. The van der Waals surface area contributed by atoms with Gasteiger partial charge < -0.3 is 15.6 Å². The van der Waals surface area contributed by atoms with Gasteiger partial charge in [0.2, 0.25) is 21.7 Å². The zero-order valence-corrected chi connectivity index (χ0v) is 22.2. The molecule has 216 valence electrons. The number of phenolic OH excluding ortho intramolecular Hbond substituents is 1. The van der Waals surface area contributed by atoms with E-state index in [9.17, 15) is 31.1 Å². The fraction of sp³-hybridized carbons (Fsp3) is 0.148. The van der Waals surface area contributed by atoms with Crippen molar-refractivity contribution < 1.29 is 35.8 Å². The second kappa shape index (κ2) is 10.3. The third-order valence-corrected chi connectivity index (χ3v) is 8.80. The van der Waals surface area contributed by atoms with E-state index in [1.807, 2.05) is 30.3 Å². The number of para-hydroxylation sites is 1. The van der Waals surface area contributed by atoms with Gasteiger partial charge in [0.1, 0.15) is 29.3 Å². The molecule has 1 saturated heterocycles. The zero-order chi connectivity index (χ0) is 29.8. The minimum atomic E-state index is -4.99. The monoisotopic (exact) mass is 600 g/mol. The first-order valence-electron chi connectivity index (χ1n) is 12.4. The van der Waals surface area contributed by atoms with Crippen LogP contribution in [0.15, 0.2) is 65.8 Å². The summed E-state index contributed by atoms with van der Waals surface area (Å²) in [5.74, 6) is -9.61. The Hall–Kier alpha value is -4.76. The van der Waals surface area contributed by atoms with E-state index in [1.165, 1.54) is 11.0 Å². The number of benzene rings is 3. The molecule has 3 N–H and O–H groups in total. The number of phenols is 1. The summed E-state index contributed by atoms with van der Waals surface area (Å²) in [5.41, 5.74) is 7.51. The van der Waals surface area contributed by atoms with Gasteiger partial charge in [0.25, 0.3) is 0 Å². The molecular weight excluding hydrogens is 580 g/mol. The fourth-order valence-electron chi connectivity index (χ4n) is 4.85. The quantitative estimate of drug-likeness (QED) is 0.162. The standard InChI is InChI=1S/C27H20F4N6O4S/c28-19-20(29)22(31)25(24(38)21(19)30)42(39,40)36-11-10-15(12-36)37-27-18(26(32)33-13-34-27)23(35-37)14-6-8-17(9-7-14)41-16-4-2-1-3-5-16/h1-9,13,15,38H,10-12H2,(H2,32,33,34). The molecule has 42 heavy (non-hydrogen) atoms. The summed E-state index contributed by atoms with van der Waals surface area (Å²) in [5, 5.41) is 14.9. The molecule has 0 radical (unpaired) electrons. The summed E-state index contributed by atoms with van der Waals surface area (Å²) in [6.45, 7) is -0.554. The van der Waals surface area contributed by atoms with Crippen molar-refractivity contribution in [2.45, 2.75) is 17.4 Å². The van der Waals surface area contributed by atoms with Crippen molar-refractivity contribution in [2.75, 3.05) is 18.8 Å². The lowest BCUT2D eigenvalue weighted by molar-refractivity contribution is 0.341. The third-order valence-electron chi connectivity index (χ3n) is 6.90. The molecule has 5 aromatic rings. The Morgan fingerprint density at radius 3 is 2.29 bits per heavy atom. The fourth-order valence-corrected chi connectivity index (χ4v) is 6.47. The largest absolute Gasteiger partial charge is 0.504 e. The Morgan fingerprint density at radius 1 is 0.905 bits per heavy atom. The van der Waals surface area contributed by atoms with Crippen molar-refractivity contribution in [3.05, 3.63) is 84.2 Å². The van der Waals surface area contributed by atoms with Gasteiger partial charge in [-0.25, -0.2) is 36.2 Å². The van der Waals surface area contributed by atoms with Crippen LogP contribution in [-0.2, 0) is 10.0 Å². The summed E-state index contributed by atoms with van der Waals surface area (Å²) >= 11 is 0. The molecule has 0 bridgehead atoms. The molecule has 0 aliphatic carbocycles. The summed E-state index contributed by atoms with van der Waals surface area (Å²) < 4.78 is 90.1. The SMILES string of the molecule is Nc1ncnc2c1c(-c1ccc(Oc3ccccc3)cc1)nn2C1CCN(S(=O)(=O)c2c(O)c(F)c(F)c(F)c2F)C1. The highest BCUT2D eigenvalue weighted by Gasteiger charge is 2.41. The molecule has 15 heteroatoms. The van der Waals surface area contributed by atoms with Crippen LogP contribution in [0.25, 0.3) is 22.3 Å². The van der Waals surface area contributed by atoms with E-state index in [2.05, 4.69) is 15.1 Å². The van der Waals surface area contributed by atoms with Gasteiger partial charge in [-0.3, -0.25) is 0 Å². The molecule has 3 heterocycles. The highest BCUT2D eigenvalue weighted by Crippen LogP contribution is 2.39. The number of anilines is 1. The molecule has 1 aliphatic rings. The second-order valence-corrected chi connectivity index (χ2v) is 11.3. The van der Waals surface area contributed by atoms with Crippen LogP contribution in [0.2, 0.25) is 0 Å². The molecule has 0 amide bonds. The van der Waals surface area contributed by atoms with Crippen LogP contribution < -0.4 is 10.5 Å². The Bertz CT molecular complexity index is 1910. The number of rotatable bonds is 6. The minimum Gasteiger partial charge on any atom is -0.504 e. The van der Waals surface area contributed by atoms with Crippen molar-refractivity contribution in [3.63, 3.8) is 0 Å². The van der Waals surface area contributed by atoms with Gasteiger partial charge in [-0.15, -0.1) is 0 Å². The van der Waals surface area contributed by atoms with Gasteiger partial charge in [-0.05, 0) is 42.8 Å². The number of nitrogens with zero attached hydrogens (tertiary/aromatic N) is 5. The molecule has 1 aliphatic heterocycles. The van der Waals surface area contributed by atoms with Crippen molar-refractivity contribution >= 4 is 26.9 Å². The van der Waals surface area contributed by atoms with Crippen LogP contribution >= 0.6 is 0 Å². The number of fused-ring (bicyclic) bond motifs is 1. The summed E-state index contributed by atoms with van der Waals surface area (Å²) in [6.07, 6.45) is 1.36. The third kappa shape index (κ3) is 4.46. The van der Waals surface area contributed by atoms with Crippen LogP contribution in [0.1, 0.15) is 12.5 Å². The molecule has 0 saturated carbocycles. The second-order valence-electron chi connectivity index (χ2n) is 9.43. The van der Waals surface area contributed by atoms with Crippen molar-refractivity contribution in [2.24, 2.45) is 0 Å². The maximum Gasteiger partial charge on any atom is 0.250 e. The Kier molecular flexibility index (Phi) is 6.69. The minimum absolute atomic E-state index is 0.123. The van der Waals surface area contributed by atoms with Crippen LogP contribution in [0.5, 0.6) is 17.2 Å². The van der Waals surface area contributed by atoms with Crippen molar-refractivity contribution in [3.8, 4) is 28.5 Å². The molecule has 10 nitrogen and oxygen atoms in total. The molecule has 6 rings (SSSR count). The van der Waals surface area contributed by atoms with Gasteiger partial charge in [-0.2, -0.15) is 13.8 Å². The van der Waals surface area contributed by atoms with Crippen LogP contribution in [0, 0.1) is 23.3 Å². The van der Waals surface area contributed by atoms with Gasteiger partial charge >= 0.3 is 0 Å². The van der Waals surface area contributed by atoms with Crippen LogP contribution in [0.4, 0.5) is 23.4 Å². The molecule has 0 spiro atoms. The normalized spacial score (nSPS) is 15.9. The molecule has 1 unspecified atom stereocenters. The number of aromatic nitrogens is 4. The molecule has 1 fully saturated rings. The summed E-state index contributed by atoms with van der Waals surface area (Å²) in [4.78, 5) is 6.66. The first-order chi connectivity index (χ1) is 20.1. The number of sulfonamides is 1.